The van der Waals surface area contributed by atoms with E-state index in [0.29, 0.717) is 12.2 Å². The lowest BCUT2D eigenvalue weighted by Gasteiger charge is -2.08. The maximum absolute atomic E-state index is 12.4. The molecular formula is C23H24N2O2. The first-order valence-electron chi connectivity index (χ1n) is 9.29. The van der Waals surface area contributed by atoms with Crippen LogP contribution in [0.15, 0.2) is 66.9 Å². The van der Waals surface area contributed by atoms with Crippen LogP contribution in [0.2, 0.25) is 0 Å². The number of amides is 1. The highest BCUT2D eigenvalue weighted by molar-refractivity contribution is 6.04. The van der Waals surface area contributed by atoms with Gasteiger partial charge in [-0.25, -0.2) is 0 Å². The Kier molecular flexibility index (Phi) is 6.21. The topological polar surface area (TPSA) is 51.2 Å². The zero-order valence-electron chi connectivity index (χ0n) is 15.7. The number of pyridine rings is 1. The highest BCUT2D eigenvalue weighted by atomic mass is 16.5. The van der Waals surface area contributed by atoms with E-state index in [1.807, 2.05) is 60.8 Å². The van der Waals surface area contributed by atoms with Crippen LogP contribution in [0.3, 0.4) is 0 Å². The second-order valence-electron chi connectivity index (χ2n) is 6.31. The van der Waals surface area contributed by atoms with Gasteiger partial charge >= 0.3 is 0 Å². The van der Waals surface area contributed by atoms with Crippen LogP contribution in [0.25, 0.3) is 11.3 Å². The van der Waals surface area contributed by atoms with E-state index >= 15 is 0 Å². The molecule has 0 bridgehead atoms. The average Bonchev–Trinajstić information content (AvgIpc) is 2.73. The molecule has 0 unspecified atom stereocenters. The van der Waals surface area contributed by atoms with Crippen molar-refractivity contribution in [2.75, 3.05) is 11.9 Å². The van der Waals surface area contributed by atoms with Crippen LogP contribution in [0.4, 0.5) is 5.69 Å². The molecule has 0 aliphatic heterocycles. The Morgan fingerprint density at radius 1 is 0.963 bits per heavy atom. The van der Waals surface area contributed by atoms with Gasteiger partial charge in [0.15, 0.2) is 0 Å². The molecule has 3 rings (SSSR count). The summed E-state index contributed by atoms with van der Waals surface area (Å²) >= 11 is 0. The summed E-state index contributed by atoms with van der Waals surface area (Å²) in [5.74, 6) is 0.666. The second-order valence-corrected chi connectivity index (χ2v) is 6.31. The summed E-state index contributed by atoms with van der Waals surface area (Å²) < 4.78 is 5.55. The van der Waals surface area contributed by atoms with E-state index in [-0.39, 0.29) is 5.91 Å². The summed E-state index contributed by atoms with van der Waals surface area (Å²) in [5.41, 5.74) is 4.45. The quantitative estimate of drug-likeness (QED) is 0.618. The lowest BCUT2D eigenvalue weighted by molar-refractivity contribution is 0.102. The third-order valence-electron chi connectivity index (χ3n) is 4.26. The minimum atomic E-state index is -0.141. The second kappa shape index (κ2) is 8.99. The van der Waals surface area contributed by atoms with Crippen LogP contribution in [-0.4, -0.2) is 17.5 Å². The Bertz CT molecular complexity index is 870. The van der Waals surface area contributed by atoms with Crippen LogP contribution in [0, 0.1) is 0 Å². The molecule has 4 nitrogen and oxygen atoms in total. The zero-order chi connectivity index (χ0) is 19.1. The molecule has 2 aromatic carbocycles. The fourth-order valence-corrected chi connectivity index (χ4v) is 2.65. The molecular weight excluding hydrogens is 336 g/mol. The van der Waals surface area contributed by atoms with Gasteiger partial charge in [0.2, 0.25) is 0 Å². The smallest absolute Gasteiger partial charge is 0.255 e. The van der Waals surface area contributed by atoms with Crippen LogP contribution in [0.5, 0.6) is 5.75 Å². The van der Waals surface area contributed by atoms with Crippen molar-refractivity contribution in [1.82, 2.24) is 4.98 Å². The van der Waals surface area contributed by atoms with E-state index < -0.39 is 0 Å². The van der Waals surface area contributed by atoms with E-state index in [1.54, 1.807) is 0 Å². The van der Waals surface area contributed by atoms with Crippen LogP contribution in [0.1, 0.15) is 36.2 Å². The number of benzene rings is 2. The molecule has 1 aromatic heterocycles. The first kappa shape index (κ1) is 18.6. The Labute approximate surface area is 160 Å². The predicted molar refractivity (Wildman–Crippen MR) is 109 cm³/mol. The van der Waals surface area contributed by atoms with Crippen molar-refractivity contribution in [3.63, 3.8) is 0 Å². The molecule has 0 saturated heterocycles. The van der Waals surface area contributed by atoms with Crippen molar-refractivity contribution >= 4 is 11.6 Å². The number of nitrogens with one attached hydrogen (secondary N) is 1. The lowest BCUT2D eigenvalue weighted by atomic mass is 10.1. The van der Waals surface area contributed by atoms with Gasteiger partial charge in [-0.15, -0.1) is 0 Å². The van der Waals surface area contributed by atoms with Crippen LogP contribution < -0.4 is 10.1 Å². The molecule has 1 N–H and O–H groups in total. The summed E-state index contributed by atoms with van der Waals surface area (Å²) in [4.78, 5) is 16.9. The van der Waals surface area contributed by atoms with Gasteiger partial charge in [0.25, 0.3) is 5.91 Å². The molecule has 138 valence electrons. The molecule has 1 heterocycles. The van der Waals surface area contributed by atoms with E-state index in [2.05, 4.69) is 30.2 Å². The molecule has 0 atom stereocenters. The SMILES string of the molecule is CCCOc1ccc(NC(=O)c2ccc(-c3ccc(CC)cn3)cc2)cc1. The van der Waals surface area contributed by atoms with Crippen molar-refractivity contribution in [3.8, 4) is 17.0 Å². The number of nitrogens with zero attached hydrogens (tertiary/aromatic N) is 1. The third kappa shape index (κ3) is 4.94. The van der Waals surface area contributed by atoms with Crippen LogP contribution in [-0.2, 0) is 6.42 Å². The fourth-order valence-electron chi connectivity index (χ4n) is 2.65. The third-order valence-corrected chi connectivity index (χ3v) is 4.26. The Morgan fingerprint density at radius 3 is 2.30 bits per heavy atom. The highest BCUT2D eigenvalue weighted by Gasteiger charge is 2.07. The largest absolute Gasteiger partial charge is 0.494 e. The number of carbonyl (C=O) groups is 1. The molecule has 0 aliphatic rings. The molecule has 0 fully saturated rings. The first-order valence-corrected chi connectivity index (χ1v) is 9.29. The highest BCUT2D eigenvalue weighted by Crippen LogP contribution is 2.20. The van der Waals surface area contributed by atoms with Gasteiger partial charge < -0.3 is 10.1 Å². The summed E-state index contributed by atoms with van der Waals surface area (Å²) in [6.45, 7) is 4.86. The van der Waals surface area contributed by atoms with Gasteiger partial charge in [-0.1, -0.05) is 32.0 Å². The molecule has 1 amide bonds. The number of aromatic nitrogens is 1. The average molecular weight is 360 g/mol. The van der Waals surface area contributed by atoms with Gasteiger partial charge in [0, 0.05) is 23.0 Å². The Morgan fingerprint density at radius 2 is 1.70 bits per heavy atom. The number of aryl methyl sites for hydroxylation is 1. The standard InChI is InChI=1S/C23H24N2O2/c1-3-15-27-21-12-10-20(11-13-21)25-23(26)19-8-6-18(7-9-19)22-14-5-17(4-2)16-24-22/h5-14,16H,3-4,15H2,1-2H3,(H,25,26). The maximum atomic E-state index is 12.4. The number of ether oxygens (including phenoxy) is 1. The van der Waals surface area contributed by atoms with Gasteiger partial charge in [0.1, 0.15) is 5.75 Å². The summed E-state index contributed by atoms with van der Waals surface area (Å²) in [6, 6.07) is 19.0. The first-order chi connectivity index (χ1) is 13.2. The minimum absolute atomic E-state index is 0.141. The lowest BCUT2D eigenvalue weighted by Crippen LogP contribution is -2.11. The zero-order valence-corrected chi connectivity index (χ0v) is 15.7. The van der Waals surface area contributed by atoms with Crippen LogP contribution >= 0.6 is 0 Å². The Balaban J connectivity index is 1.64. The van der Waals surface area contributed by atoms with Gasteiger partial charge in [0.05, 0.1) is 12.3 Å². The summed E-state index contributed by atoms with van der Waals surface area (Å²) in [6.07, 6.45) is 3.83. The maximum Gasteiger partial charge on any atom is 0.255 e. The van der Waals surface area contributed by atoms with Gasteiger partial charge in [-0.3, -0.25) is 9.78 Å². The number of hydrogen-bond donors (Lipinski definition) is 1. The molecule has 0 spiro atoms. The summed E-state index contributed by atoms with van der Waals surface area (Å²) in [5, 5.41) is 2.91. The number of rotatable bonds is 7. The van der Waals surface area contributed by atoms with E-state index in [4.69, 9.17) is 4.74 Å². The molecule has 27 heavy (non-hydrogen) atoms. The van der Waals surface area contributed by atoms with Gasteiger partial charge in [-0.2, -0.15) is 0 Å². The normalized spacial score (nSPS) is 10.4. The van der Waals surface area contributed by atoms with Crippen molar-refractivity contribution < 1.29 is 9.53 Å². The van der Waals surface area contributed by atoms with E-state index in [9.17, 15) is 4.79 Å². The number of hydrogen-bond acceptors (Lipinski definition) is 3. The van der Waals surface area contributed by atoms with Crippen molar-refractivity contribution in [2.45, 2.75) is 26.7 Å². The van der Waals surface area contributed by atoms with E-state index in [1.165, 1.54) is 5.56 Å². The Hall–Kier alpha value is -3.14. The van der Waals surface area contributed by atoms with Crippen molar-refractivity contribution in [3.05, 3.63) is 78.0 Å². The molecule has 4 heteroatoms. The predicted octanol–water partition coefficient (Wildman–Crippen LogP) is 5.35. The number of carbonyl (C=O) groups excluding carboxylic acids is 1. The fraction of sp³-hybridized carbons (Fsp3) is 0.217. The van der Waals surface area contributed by atoms with E-state index in [0.717, 1.165) is 35.5 Å². The molecule has 3 aromatic rings. The van der Waals surface area contributed by atoms with Gasteiger partial charge in [-0.05, 0) is 60.9 Å². The van der Waals surface area contributed by atoms with Crippen molar-refractivity contribution in [2.24, 2.45) is 0 Å². The molecule has 0 saturated carbocycles. The molecule has 0 radical (unpaired) electrons. The van der Waals surface area contributed by atoms with Crippen molar-refractivity contribution in [1.29, 1.82) is 0 Å². The monoisotopic (exact) mass is 360 g/mol. The number of anilines is 1. The minimum Gasteiger partial charge on any atom is -0.494 e. The molecule has 0 aliphatic carbocycles. The summed E-state index contributed by atoms with van der Waals surface area (Å²) in [7, 11) is 0.